The van der Waals surface area contributed by atoms with E-state index in [2.05, 4.69) is 35.3 Å². The molecule has 0 aromatic heterocycles. The van der Waals surface area contributed by atoms with E-state index in [4.69, 9.17) is 16.3 Å². The first-order chi connectivity index (χ1) is 14.5. The van der Waals surface area contributed by atoms with Crippen molar-refractivity contribution in [3.8, 4) is 0 Å². The average Bonchev–Trinajstić information content (AvgIpc) is 2.76. The molecule has 1 fully saturated rings. The molecule has 0 unspecified atom stereocenters. The van der Waals surface area contributed by atoms with E-state index >= 15 is 0 Å². The Morgan fingerprint density at radius 1 is 1.13 bits per heavy atom. The summed E-state index contributed by atoms with van der Waals surface area (Å²) in [4.78, 5) is 13.8. The zero-order valence-corrected chi connectivity index (χ0v) is 18.5. The van der Waals surface area contributed by atoms with Crippen LogP contribution in [0.2, 0.25) is 5.02 Å². The maximum atomic E-state index is 11.3. The van der Waals surface area contributed by atoms with Gasteiger partial charge in [0.05, 0.1) is 19.6 Å². The van der Waals surface area contributed by atoms with Gasteiger partial charge in [-0.2, -0.15) is 0 Å². The van der Waals surface area contributed by atoms with Gasteiger partial charge in [-0.05, 0) is 60.2 Å². The highest BCUT2D eigenvalue weighted by atomic mass is 35.5. The summed E-state index contributed by atoms with van der Waals surface area (Å²) in [5, 5.41) is 13.6. The van der Waals surface area contributed by atoms with Crippen LogP contribution >= 0.6 is 11.6 Å². The molecule has 0 bridgehead atoms. The lowest BCUT2D eigenvalue weighted by atomic mass is 9.90. The molecule has 3 rings (SSSR count). The quantitative estimate of drug-likeness (QED) is 0.523. The monoisotopic (exact) mass is 430 g/mol. The van der Waals surface area contributed by atoms with Crippen molar-refractivity contribution in [1.29, 1.82) is 0 Å². The molecule has 5 nitrogen and oxygen atoms in total. The van der Waals surface area contributed by atoms with Gasteiger partial charge in [-0.1, -0.05) is 37.6 Å². The minimum Gasteiger partial charge on any atom is -0.481 e. The average molecular weight is 431 g/mol. The van der Waals surface area contributed by atoms with Crippen LogP contribution in [0.4, 0.5) is 11.4 Å². The molecule has 0 aliphatic carbocycles. The Hall–Kier alpha value is -2.08. The summed E-state index contributed by atoms with van der Waals surface area (Å²) in [6, 6.07) is 14.3. The second-order valence-electron chi connectivity index (χ2n) is 7.75. The molecule has 2 atom stereocenters. The van der Waals surface area contributed by atoms with Crippen LogP contribution < -0.4 is 5.32 Å². The molecule has 2 N–H and O–H groups in total. The van der Waals surface area contributed by atoms with Crippen molar-refractivity contribution >= 4 is 28.9 Å². The van der Waals surface area contributed by atoms with Crippen LogP contribution in [-0.4, -0.2) is 42.3 Å². The molecular weight excluding hydrogens is 400 g/mol. The van der Waals surface area contributed by atoms with E-state index in [9.17, 15) is 9.90 Å². The van der Waals surface area contributed by atoms with Crippen LogP contribution in [0.5, 0.6) is 0 Å². The number of aliphatic carboxylic acids is 1. The van der Waals surface area contributed by atoms with Crippen molar-refractivity contribution < 1.29 is 14.6 Å². The zero-order chi connectivity index (χ0) is 21.5. The van der Waals surface area contributed by atoms with E-state index in [0.717, 1.165) is 56.1 Å². The molecular formula is C24H31ClN2O3. The molecule has 1 saturated heterocycles. The molecule has 0 radical (unpaired) electrons. The van der Waals surface area contributed by atoms with Gasteiger partial charge in [-0.15, -0.1) is 0 Å². The van der Waals surface area contributed by atoms with E-state index in [-0.39, 0.29) is 18.4 Å². The van der Waals surface area contributed by atoms with Crippen LogP contribution in [-0.2, 0) is 9.53 Å². The molecule has 1 heterocycles. The van der Waals surface area contributed by atoms with Gasteiger partial charge in [-0.25, -0.2) is 0 Å². The summed E-state index contributed by atoms with van der Waals surface area (Å²) >= 11 is 6.05. The van der Waals surface area contributed by atoms with Crippen LogP contribution in [0, 0.1) is 0 Å². The summed E-state index contributed by atoms with van der Waals surface area (Å²) in [6.07, 6.45) is 1.91. The fourth-order valence-corrected chi connectivity index (χ4v) is 4.31. The molecule has 2 aromatic rings. The molecule has 2 aromatic carbocycles. The number of halogens is 1. The number of carboxylic acid groups (broad SMARTS) is 1. The Kier molecular flexibility index (Phi) is 8.14. The molecule has 162 valence electrons. The number of anilines is 2. The molecule has 1 aliphatic heterocycles. The summed E-state index contributed by atoms with van der Waals surface area (Å²) in [7, 11) is 0. The number of rotatable bonds is 9. The van der Waals surface area contributed by atoms with Crippen molar-refractivity contribution in [2.45, 2.75) is 45.1 Å². The highest BCUT2D eigenvalue weighted by Gasteiger charge is 2.24. The third-order valence-electron chi connectivity index (χ3n) is 5.82. The first-order valence-corrected chi connectivity index (χ1v) is 11.1. The molecule has 0 spiro atoms. The van der Waals surface area contributed by atoms with Crippen molar-refractivity contribution in [2.24, 2.45) is 0 Å². The molecule has 30 heavy (non-hydrogen) atoms. The number of nitrogens with one attached hydrogen (secondary N) is 1. The van der Waals surface area contributed by atoms with Gasteiger partial charge in [0.1, 0.15) is 0 Å². The smallest absolute Gasteiger partial charge is 0.303 e. The van der Waals surface area contributed by atoms with Crippen molar-refractivity contribution in [3.63, 3.8) is 0 Å². The van der Waals surface area contributed by atoms with Gasteiger partial charge in [0.15, 0.2) is 0 Å². The third-order valence-corrected chi connectivity index (χ3v) is 6.07. The highest BCUT2D eigenvalue weighted by molar-refractivity contribution is 6.30. The lowest BCUT2D eigenvalue weighted by Crippen LogP contribution is -2.39. The van der Waals surface area contributed by atoms with E-state index < -0.39 is 5.97 Å². The number of morpholine rings is 1. The van der Waals surface area contributed by atoms with Gasteiger partial charge in [0.25, 0.3) is 0 Å². The number of hydrogen-bond acceptors (Lipinski definition) is 4. The molecule has 6 heteroatoms. The summed E-state index contributed by atoms with van der Waals surface area (Å²) < 4.78 is 5.54. The SMILES string of the molecule is CC[C@H](CC(=O)O)c1ccc([C@@H](CC)N2CCOCC2)c(Nc2ccc(Cl)cc2)c1. The predicted molar refractivity (Wildman–Crippen MR) is 122 cm³/mol. The fourth-order valence-electron chi connectivity index (χ4n) is 4.19. The zero-order valence-electron chi connectivity index (χ0n) is 17.7. The Bertz CT molecular complexity index is 835. The van der Waals surface area contributed by atoms with E-state index in [1.54, 1.807) is 0 Å². The number of nitrogens with zero attached hydrogens (tertiary/aromatic N) is 1. The number of hydrogen-bond donors (Lipinski definition) is 2. The maximum absolute atomic E-state index is 11.3. The first kappa shape index (κ1) is 22.6. The van der Waals surface area contributed by atoms with E-state index in [0.29, 0.717) is 5.02 Å². The number of carbonyl (C=O) groups is 1. The largest absolute Gasteiger partial charge is 0.481 e. The number of carboxylic acids is 1. The Labute approximate surface area is 184 Å². The van der Waals surface area contributed by atoms with Gasteiger partial charge >= 0.3 is 5.97 Å². The number of ether oxygens (including phenoxy) is 1. The van der Waals surface area contributed by atoms with Gasteiger partial charge in [-0.3, -0.25) is 9.69 Å². The normalized spacial score (nSPS) is 16.8. The lowest BCUT2D eigenvalue weighted by Gasteiger charge is -2.35. The standard InChI is InChI=1S/C24H31ClN2O3/c1-3-17(16-24(28)29)18-5-10-21(23(4-2)27-11-13-30-14-12-27)22(15-18)26-20-8-6-19(25)7-9-20/h5-10,15,17,23,26H,3-4,11-14,16H2,1-2H3,(H,28,29)/t17-,23-/m1/s1. The Morgan fingerprint density at radius 3 is 2.43 bits per heavy atom. The topological polar surface area (TPSA) is 61.8 Å². The molecule has 1 aliphatic rings. The maximum Gasteiger partial charge on any atom is 0.303 e. The minimum atomic E-state index is -0.766. The van der Waals surface area contributed by atoms with Gasteiger partial charge < -0.3 is 15.2 Å². The Balaban J connectivity index is 1.98. The second kappa shape index (κ2) is 10.8. The lowest BCUT2D eigenvalue weighted by molar-refractivity contribution is -0.137. The van der Waals surface area contributed by atoms with Crippen LogP contribution in [0.25, 0.3) is 0 Å². The van der Waals surface area contributed by atoms with Crippen LogP contribution in [0.3, 0.4) is 0 Å². The molecule has 0 saturated carbocycles. The Morgan fingerprint density at radius 2 is 1.83 bits per heavy atom. The minimum absolute atomic E-state index is 0.00854. The van der Waals surface area contributed by atoms with Gasteiger partial charge in [0.2, 0.25) is 0 Å². The van der Waals surface area contributed by atoms with E-state index in [1.165, 1.54) is 5.56 Å². The fraction of sp³-hybridized carbons (Fsp3) is 0.458. The predicted octanol–water partition coefficient (Wildman–Crippen LogP) is 5.84. The summed E-state index contributed by atoms with van der Waals surface area (Å²) in [5.41, 5.74) is 4.26. The van der Waals surface area contributed by atoms with Crippen molar-refractivity contribution in [2.75, 3.05) is 31.6 Å². The summed E-state index contributed by atoms with van der Waals surface area (Å²) in [6.45, 7) is 7.58. The van der Waals surface area contributed by atoms with Crippen molar-refractivity contribution in [3.05, 3.63) is 58.6 Å². The summed E-state index contributed by atoms with van der Waals surface area (Å²) in [5.74, 6) is -0.774. The van der Waals surface area contributed by atoms with Crippen LogP contribution in [0.1, 0.15) is 56.2 Å². The number of benzene rings is 2. The van der Waals surface area contributed by atoms with Crippen molar-refractivity contribution in [1.82, 2.24) is 4.90 Å². The first-order valence-electron chi connectivity index (χ1n) is 10.7. The highest BCUT2D eigenvalue weighted by Crippen LogP contribution is 2.36. The van der Waals surface area contributed by atoms with Crippen LogP contribution in [0.15, 0.2) is 42.5 Å². The molecule has 0 amide bonds. The van der Waals surface area contributed by atoms with Gasteiger partial charge in [0, 0.05) is 35.5 Å². The van der Waals surface area contributed by atoms with E-state index in [1.807, 2.05) is 31.2 Å². The second-order valence-corrected chi connectivity index (χ2v) is 8.19. The third kappa shape index (κ3) is 5.75.